The summed E-state index contributed by atoms with van der Waals surface area (Å²) in [6.07, 6.45) is 0.831. The van der Waals surface area contributed by atoms with E-state index in [1.807, 2.05) is 25.1 Å². The number of carbonyl (C=O) groups is 2. The zero-order chi connectivity index (χ0) is 16.4. The van der Waals surface area contributed by atoms with Crippen molar-refractivity contribution in [3.8, 4) is 5.75 Å². The number of carbonyl (C=O) groups excluding carboxylic acids is 2. The Morgan fingerprint density at radius 3 is 2.78 bits per heavy atom. The van der Waals surface area contributed by atoms with Crippen LogP contribution in [0.1, 0.15) is 29.3 Å². The van der Waals surface area contributed by atoms with Gasteiger partial charge in [-0.25, -0.2) is 0 Å². The molecule has 0 saturated carbocycles. The molecule has 1 unspecified atom stereocenters. The number of fused-ring (bicyclic) bond motifs is 1. The van der Waals surface area contributed by atoms with Gasteiger partial charge in [-0.3, -0.25) is 9.59 Å². The van der Waals surface area contributed by atoms with Crippen LogP contribution in [0.25, 0.3) is 0 Å². The van der Waals surface area contributed by atoms with E-state index >= 15 is 0 Å². The fourth-order valence-corrected chi connectivity index (χ4v) is 2.87. The van der Waals surface area contributed by atoms with Gasteiger partial charge in [0.2, 0.25) is 0 Å². The van der Waals surface area contributed by atoms with E-state index in [1.54, 1.807) is 29.2 Å². The maximum absolute atomic E-state index is 12.7. The third-order valence-electron chi connectivity index (χ3n) is 3.82. The lowest BCUT2D eigenvalue weighted by atomic mass is 10.1. The van der Waals surface area contributed by atoms with Crippen LogP contribution in [0.5, 0.6) is 5.75 Å². The summed E-state index contributed by atoms with van der Waals surface area (Å²) < 4.78 is 5.75. The van der Waals surface area contributed by atoms with Crippen molar-refractivity contribution in [3.63, 3.8) is 0 Å². The van der Waals surface area contributed by atoms with Crippen LogP contribution in [-0.2, 0) is 11.3 Å². The van der Waals surface area contributed by atoms with Crippen molar-refractivity contribution >= 4 is 29.5 Å². The topological polar surface area (TPSA) is 46.6 Å². The van der Waals surface area contributed by atoms with Crippen LogP contribution < -0.4 is 9.64 Å². The Kier molecular flexibility index (Phi) is 4.35. The van der Waals surface area contributed by atoms with Crippen molar-refractivity contribution in [1.29, 1.82) is 0 Å². The molecule has 0 N–H and O–H groups in total. The highest BCUT2D eigenvalue weighted by Crippen LogP contribution is 2.36. The van der Waals surface area contributed by atoms with Gasteiger partial charge in [-0.2, -0.15) is 0 Å². The molecule has 0 fully saturated rings. The molecule has 2 aromatic carbocycles. The van der Waals surface area contributed by atoms with E-state index in [0.29, 0.717) is 35.0 Å². The molecule has 0 spiro atoms. The number of aldehydes is 1. The van der Waals surface area contributed by atoms with Crippen molar-refractivity contribution in [2.45, 2.75) is 26.0 Å². The van der Waals surface area contributed by atoms with Crippen molar-refractivity contribution < 1.29 is 14.3 Å². The predicted molar refractivity (Wildman–Crippen MR) is 89.2 cm³/mol. The standard InChI is InChI=1S/C18H16ClNO3/c1-2-16-18(22)20(10-12-4-3-5-14(19)8-12)15-9-13(11-21)6-7-17(15)23-16/h3-9,11,16H,2,10H2,1H3. The molecular formula is C18H16ClNO3. The quantitative estimate of drug-likeness (QED) is 0.800. The molecule has 0 radical (unpaired) electrons. The monoisotopic (exact) mass is 329 g/mol. The minimum Gasteiger partial charge on any atom is -0.478 e. The van der Waals surface area contributed by atoms with E-state index < -0.39 is 6.10 Å². The molecule has 1 atom stereocenters. The van der Waals surface area contributed by atoms with Crippen LogP contribution in [0.2, 0.25) is 5.02 Å². The van der Waals surface area contributed by atoms with Gasteiger partial charge in [0, 0.05) is 10.6 Å². The highest BCUT2D eigenvalue weighted by Gasteiger charge is 2.33. The summed E-state index contributed by atoms with van der Waals surface area (Å²) in [5, 5.41) is 0.622. The number of nitrogens with zero attached hydrogens (tertiary/aromatic N) is 1. The fraction of sp³-hybridized carbons (Fsp3) is 0.222. The summed E-state index contributed by atoms with van der Waals surface area (Å²) >= 11 is 6.03. The molecular weight excluding hydrogens is 314 g/mol. The second-order valence-electron chi connectivity index (χ2n) is 5.41. The molecule has 0 aliphatic carbocycles. The number of halogens is 1. The van der Waals surface area contributed by atoms with Gasteiger partial charge in [0.05, 0.1) is 12.2 Å². The summed E-state index contributed by atoms with van der Waals surface area (Å²) in [4.78, 5) is 25.4. The van der Waals surface area contributed by atoms with E-state index in [-0.39, 0.29) is 5.91 Å². The Labute approximate surface area is 139 Å². The lowest BCUT2D eigenvalue weighted by Crippen LogP contribution is -2.45. The highest BCUT2D eigenvalue weighted by atomic mass is 35.5. The lowest BCUT2D eigenvalue weighted by molar-refractivity contribution is -0.126. The zero-order valence-electron chi connectivity index (χ0n) is 12.7. The number of amides is 1. The maximum Gasteiger partial charge on any atom is 0.268 e. The predicted octanol–water partition coefficient (Wildman–Crippen LogP) is 3.86. The van der Waals surface area contributed by atoms with Crippen molar-refractivity contribution in [1.82, 2.24) is 0 Å². The van der Waals surface area contributed by atoms with Crippen LogP contribution >= 0.6 is 11.6 Å². The molecule has 0 saturated heterocycles. The fourth-order valence-electron chi connectivity index (χ4n) is 2.65. The lowest BCUT2D eigenvalue weighted by Gasteiger charge is -2.34. The second-order valence-corrected chi connectivity index (χ2v) is 5.85. The molecule has 118 valence electrons. The molecule has 3 rings (SSSR count). The van der Waals surface area contributed by atoms with Gasteiger partial charge in [-0.1, -0.05) is 30.7 Å². The van der Waals surface area contributed by atoms with Crippen LogP contribution in [0, 0.1) is 0 Å². The van der Waals surface area contributed by atoms with E-state index in [2.05, 4.69) is 0 Å². The molecule has 1 amide bonds. The van der Waals surface area contributed by atoms with Crippen molar-refractivity contribution in [2.75, 3.05) is 4.90 Å². The molecule has 1 aliphatic rings. The highest BCUT2D eigenvalue weighted by molar-refractivity contribution is 6.30. The Bertz CT molecular complexity index is 760. The molecule has 5 heteroatoms. The smallest absolute Gasteiger partial charge is 0.268 e. The third-order valence-corrected chi connectivity index (χ3v) is 4.06. The molecule has 0 aromatic heterocycles. The molecule has 0 bridgehead atoms. The van der Waals surface area contributed by atoms with Gasteiger partial charge >= 0.3 is 0 Å². The summed E-state index contributed by atoms with van der Waals surface area (Å²) in [7, 11) is 0. The summed E-state index contributed by atoms with van der Waals surface area (Å²) in [6.45, 7) is 2.29. The summed E-state index contributed by atoms with van der Waals surface area (Å²) in [6, 6.07) is 12.5. The van der Waals surface area contributed by atoms with Gasteiger partial charge in [0.25, 0.3) is 5.91 Å². The first-order valence-corrected chi connectivity index (χ1v) is 7.82. The summed E-state index contributed by atoms with van der Waals surface area (Å²) in [5.74, 6) is 0.507. The van der Waals surface area contributed by atoms with E-state index in [0.717, 1.165) is 11.8 Å². The van der Waals surface area contributed by atoms with Crippen LogP contribution in [0.15, 0.2) is 42.5 Å². The Balaban J connectivity index is 2.02. The number of benzene rings is 2. The molecule has 1 aliphatic heterocycles. The summed E-state index contributed by atoms with van der Waals surface area (Å²) in [5.41, 5.74) is 2.04. The Morgan fingerprint density at radius 1 is 1.26 bits per heavy atom. The SMILES string of the molecule is CCC1Oc2ccc(C=O)cc2N(Cc2cccc(Cl)c2)C1=O. The molecule has 1 heterocycles. The van der Waals surface area contributed by atoms with Crippen LogP contribution in [0.3, 0.4) is 0 Å². The number of ether oxygens (including phenoxy) is 1. The first-order valence-electron chi connectivity index (χ1n) is 7.44. The second kappa shape index (κ2) is 6.42. The van der Waals surface area contributed by atoms with Gasteiger partial charge < -0.3 is 9.64 Å². The largest absolute Gasteiger partial charge is 0.478 e. The van der Waals surface area contributed by atoms with Gasteiger partial charge in [0.15, 0.2) is 6.10 Å². The van der Waals surface area contributed by atoms with Crippen molar-refractivity contribution in [3.05, 3.63) is 58.6 Å². The Hall–Kier alpha value is -2.33. The van der Waals surface area contributed by atoms with Crippen LogP contribution in [0.4, 0.5) is 5.69 Å². The molecule has 4 nitrogen and oxygen atoms in total. The third kappa shape index (κ3) is 3.08. The Morgan fingerprint density at radius 2 is 2.09 bits per heavy atom. The maximum atomic E-state index is 12.7. The van der Waals surface area contributed by atoms with Crippen LogP contribution in [-0.4, -0.2) is 18.3 Å². The number of rotatable bonds is 4. The first kappa shape index (κ1) is 15.6. The number of anilines is 1. The van der Waals surface area contributed by atoms with E-state index in [4.69, 9.17) is 16.3 Å². The van der Waals surface area contributed by atoms with E-state index in [9.17, 15) is 9.59 Å². The van der Waals surface area contributed by atoms with Gasteiger partial charge in [0.1, 0.15) is 12.0 Å². The molecule has 2 aromatic rings. The normalized spacial score (nSPS) is 16.7. The zero-order valence-corrected chi connectivity index (χ0v) is 13.4. The molecule has 23 heavy (non-hydrogen) atoms. The van der Waals surface area contributed by atoms with Gasteiger partial charge in [-0.15, -0.1) is 0 Å². The first-order chi connectivity index (χ1) is 11.1. The minimum atomic E-state index is -0.510. The number of hydrogen-bond donors (Lipinski definition) is 0. The van der Waals surface area contributed by atoms with Crippen molar-refractivity contribution in [2.24, 2.45) is 0 Å². The number of hydrogen-bond acceptors (Lipinski definition) is 3. The average Bonchev–Trinajstić information content (AvgIpc) is 2.56. The average molecular weight is 330 g/mol. The van der Waals surface area contributed by atoms with E-state index in [1.165, 1.54) is 0 Å². The van der Waals surface area contributed by atoms with Gasteiger partial charge in [-0.05, 0) is 42.3 Å². The minimum absolute atomic E-state index is 0.108.